The molecule has 3 nitrogen and oxygen atoms in total. The molecule has 1 aliphatic carbocycles. The highest BCUT2D eigenvalue weighted by Gasteiger charge is 2.34. The average Bonchev–Trinajstić information content (AvgIpc) is 2.55. The molecular weight excluding hydrogens is 300 g/mol. The van der Waals surface area contributed by atoms with Gasteiger partial charge in [0.1, 0.15) is 11.9 Å². The number of hydrogen-bond donors (Lipinski definition) is 0. The normalized spacial score (nSPS) is 24.1. The molecule has 3 heteroatoms. The highest BCUT2D eigenvalue weighted by Crippen LogP contribution is 2.35. The van der Waals surface area contributed by atoms with Gasteiger partial charge in [-0.3, -0.25) is 0 Å². The van der Waals surface area contributed by atoms with Gasteiger partial charge in [0.15, 0.2) is 0 Å². The maximum atomic E-state index is 12.4. The van der Waals surface area contributed by atoms with Gasteiger partial charge in [0.25, 0.3) is 0 Å². The van der Waals surface area contributed by atoms with Crippen LogP contribution in [0.5, 0.6) is 5.75 Å². The Balaban J connectivity index is 1.72. The summed E-state index contributed by atoms with van der Waals surface area (Å²) in [4.78, 5) is 12.4. The predicted molar refractivity (Wildman–Crippen MR) is 96.2 cm³/mol. The quantitative estimate of drug-likeness (QED) is 0.527. The van der Waals surface area contributed by atoms with Crippen LogP contribution in [0.25, 0.3) is 10.8 Å². The highest BCUT2D eigenvalue weighted by atomic mass is 16.7. The Morgan fingerprint density at radius 1 is 1.08 bits per heavy atom. The van der Waals surface area contributed by atoms with E-state index in [-0.39, 0.29) is 6.10 Å². The lowest BCUT2D eigenvalue weighted by molar-refractivity contribution is -0.0134. The first kappa shape index (κ1) is 16.8. The van der Waals surface area contributed by atoms with Crippen molar-refractivity contribution in [1.29, 1.82) is 0 Å². The summed E-state index contributed by atoms with van der Waals surface area (Å²) in [6.07, 6.45) is 2.62. The Morgan fingerprint density at radius 3 is 2.62 bits per heavy atom. The fraction of sp³-hybridized carbons (Fsp3) is 0.476. The minimum absolute atomic E-state index is 0.0452. The van der Waals surface area contributed by atoms with Crippen LogP contribution in [0.1, 0.15) is 40.0 Å². The van der Waals surface area contributed by atoms with Crippen molar-refractivity contribution >= 4 is 16.9 Å². The first-order chi connectivity index (χ1) is 11.5. The molecule has 128 valence electrons. The SMILES string of the molecule is CC1CCC(C(C)C)C(OC(=O)Oc2cccc3ccccc23)C1. The van der Waals surface area contributed by atoms with E-state index in [0.717, 1.165) is 23.6 Å². The van der Waals surface area contributed by atoms with E-state index in [4.69, 9.17) is 9.47 Å². The monoisotopic (exact) mass is 326 g/mol. The molecule has 0 N–H and O–H groups in total. The fourth-order valence-electron chi connectivity index (χ4n) is 3.77. The van der Waals surface area contributed by atoms with Gasteiger partial charge in [-0.15, -0.1) is 0 Å². The van der Waals surface area contributed by atoms with Gasteiger partial charge in [-0.2, -0.15) is 0 Å². The number of fused-ring (bicyclic) bond motifs is 1. The molecule has 0 heterocycles. The van der Waals surface area contributed by atoms with Crippen LogP contribution in [0, 0.1) is 17.8 Å². The zero-order valence-electron chi connectivity index (χ0n) is 14.7. The van der Waals surface area contributed by atoms with Gasteiger partial charge >= 0.3 is 6.16 Å². The van der Waals surface area contributed by atoms with Gasteiger partial charge in [-0.25, -0.2) is 4.79 Å². The molecule has 0 spiro atoms. The lowest BCUT2D eigenvalue weighted by Gasteiger charge is -2.36. The topological polar surface area (TPSA) is 35.5 Å². The molecular formula is C21H26O3. The summed E-state index contributed by atoms with van der Waals surface area (Å²) in [5.41, 5.74) is 0. The van der Waals surface area contributed by atoms with Crippen LogP contribution in [0.15, 0.2) is 42.5 Å². The van der Waals surface area contributed by atoms with Crippen molar-refractivity contribution < 1.29 is 14.3 Å². The summed E-state index contributed by atoms with van der Waals surface area (Å²) in [5.74, 6) is 2.08. The summed E-state index contributed by atoms with van der Waals surface area (Å²) < 4.78 is 11.3. The maximum absolute atomic E-state index is 12.4. The van der Waals surface area contributed by atoms with Crippen molar-refractivity contribution in [2.75, 3.05) is 0 Å². The molecule has 0 amide bonds. The molecule has 3 atom stereocenters. The second kappa shape index (κ2) is 7.25. The Hall–Kier alpha value is -2.03. The van der Waals surface area contributed by atoms with Crippen molar-refractivity contribution in [1.82, 2.24) is 0 Å². The fourth-order valence-corrected chi connectivity index (χ4v) is 3.77. The van der Waals surface area contributed by atoms with Crippen molar-refractivity contribution in [3.8, 4) is 5.75 Å². The van der Waals surface area contributed by atoms with Crippen LogP contribution in [-0.2, 0) is 4.74 Å². The number of carbonyl (C=O) groups excluding carboxylic acids is 1. The standard InChI is InChI=1S/C21H26O3/c1-14(2)17-12-11-15(3)13-20(17)24-21(22)23-19-10-6-8-16-7-4-5-9-18(16)19/h4-10,14-15,17,20H,11-13H2,1-3H3. The predicted octanol–water partition coefficient (Wildman–Crippen LogP) is 5.82. The van der Waals surface area contributed by atoms with Crippen LogP contribution < -0.4 is 4.74 Å². The van der Waals surface area contributed by atoms with Crippen LogP contribution in [0.2, 0.25) is 0 Å². The number of benzene rings is 2. The van der Waals surface area contributed by atoms with Crippen molar-refractivity contribution in [3.63, 3.8) is 0 Å². The van der Waals surface area contributed by atoms with Crippen LogP contribution in [0.4, 0.5) is 4.79 Å². The smallest absolute Gasteiger partial charge is 0.430 e. The lowest BCUT2D eigenvalue weighted by Crippen LogP contribution is -2.36. The summed E-state index contributed by atoms with van der Waals surface area (Å²) in [6, 6.07) is 13.6. The van der Waals surface area contributed by atoms with E-state index in [1.807, 2.05) is 42.5 Å². The van der Waals surface area contributed by atoms with Crippen LogP contribution in [0.3, 0.4) is 0 Å². The molecule has 1 fully saturated rings. The zero-order chi connectivity index (χ0) is 17.1. The van der Waals surface area contributed by atoms with E-state index in [1.54, 1.807) is 0 Å². The largest absolute Gasteiger partial charge is 0.514 e. The zero-order valence-corrected chi connectivity index (χ0v) is 14.7. The minimum atomic E-state index is -0.587. The summed E-state index contributed by atoms with van der Waals surface area (Å²) in [5, 5.41) is 1.98. The van der Waals surface area contributed by atoms with Gasteiger partial charge in [-0.1, -0.05) is 63.6 Å². The maximum Gasteiger partial charge on any atom is 0.514 e. The Bertz CT molecular complexity index is 702. The molecule has 0 bridgehead atoms. The number of carbonyl (C=O) groups is 1. The molecule has 2 aromatic rings. The van der Waals surface area contributed by atoms with E-state index < -0.39 is 6.16 Å². The number of hydrogen-bond acceptors (Lipinski definition) is 3. The van der Waals surface area contributed by atoms with Crippen molar-refractivity contribution in [2.24, 2.45) is 17.8 Å². The van der Waals surface area contributed by atoms with Gasteiger partial charge in [0, 0.05) is 5.39 Å². The van der Waals surface area contributed by atoms with Gasteiger partial charge in [-0.05, 0) is 42.0 Å². The number of ether oxygens (including phenoxy) is 2. The molecule has 0 aromatic heterocycles. The third-order valence-corrected chi connectivity index (χ3v) is 5.15. The van der Waals surface area contributed by atoms with E-state index in [9.17, 15) is 4.79 Å². The summed E-state index contributed by atoms with van der Waals surface area (Å²) in [6.45, 7) is 6.63. The van der Waals surface area contributed by atoms with E-state index in [2.05, 4.69) is 20.8 Å². The highest BCUT2D eigenvalue weighted by molar-refractivity contribution is 5.89. The van der Waals surface area contributed by atoms with Gasteiger partial charge in [0.2, 0.25) is 0 Å². The third-order valence-electron chi connectivity index (χ3n) is 5.15. The Morgan fingerprint density at radius 2 is 1.83 bits per heavy atom. The molecule has 1 aliphatic rings. The molecule has 1 saturated carbocycles. The van der Waals surface area contributed by atoms with Crippen molar-refractivity contribution in [3.05, 3.63) is 42.5 Å². The summed E-state index contributed by atoms with van der Waals surface area (Å²) >= 11 is 0. The lowest BCUT2D eigenvalue weighted by atomic mass is 9.75. The minimum Gasteiger partial charge on any atom is -0.430 e. The van der Waals surface area contributed by atoms with Gasteiger partial charge in [0.05, 0.1) is 0 Å². The van der Waals surface area contributed by atoms with Crippen molar-refractivity contribution in [2.45, 2.75) is 46.1 Å². The van der Waals surface area contributed by atoms with Crippen LogP contribution >= 0.6 is 0 Å². The molecule has 3 unspecified atom stereocenters. The molecule has 0 radical (unpaired) electrons. The Labute approximate surface area is 144 Å². The third kappa shape index (κ3) is 3.72. The second-order valence-corrected chi connectivity index (χ2v) is 7.31. The van der Waals surface area contributed by atoms with Crippen LogP contribution in [-0.4, -0.2) is 12.3 Å². The average molecular weight is 326 g/mol. The second-order valence-electron chi connectivity index (χ2n) is 7.31. The van der Waals surface area contributed by atoms with E-state index in [1.165, 1.54) is 6.42 Å². The molecule has 24 heavy (non-hydrogen) atoms. The molecule has 3 rings (SSSR count). The summed E-state index contributed by atoms with van der Waals surface area (Å²) in [7, 11) is 0. The first-order valence-electron chi connectivity index (χ1n) is 8.91. The van der Waals surface area contributed by atoms with E-state index >= 15 is 0 Å². The first-order valence-corrected chi connectivity index (χ1v) is 8.91. The van der Waals surface area contributed by atoms with Gasteiger partial charge < -0.3 is 9.47 Å². The van der Waals surface area contributed by atoms with E-state index in [0.29, 0.717) is 23.5 Å². The molecule has 0 saturated heterocycles. The molecule has 2 aromatic carbocycles. The molecule has 0 aliphatic heterocycles. The number of rotatable bonds is 3. The Kier molecular flexibility index (Phi) is 5.08.